The second kappa shape index (κ2) is 4.32. The van der Waals surface area contributed by atoms with Gasteiger partial charge in [0.05, 0.1) is 0 Å². The lowest BCUT2D eigenvalue weighted by molar-refractivity contribution is -0.163. The SMILES string of the molecule is O=C(Nc1ccc2[nH]ccc2c1)C(F)(F)C(F)F. The van der Waals surface area contributed by atoms with E-state index in [1.54, 1.807) is 23.6 Å². The fourth-order valence-corrected chi connectivity index (χ4v) is 1.44. The molecule has 0 spiro atoms. The molecule has 96 valence electrons. The van der Waals surface area contributed by atoms with Crippen LogP contribution in [0.25, 0.3) is 10.9 Å². The number of halogens is 4. The molecule has 2 N–H and O–H groups in total. The van der Waals surface area contributed by atoms with Crippen molar-refractivity contribution in [3.63, 3.8) is 0 Å². The summed E-state index contributed by atoms with van der Waals surface area (Å²) in [6.07, 6.45) is -2.40. The minimum absolute atomic E-state index is 0.0347. The fourth-order valence-electron chi connectivity index (χ4n) is 1.44. The molecular weight excluding hydrogens is 252 g/mol. The molecule has 1 aromatic carbocycles. The topological polar surface area (TPSA) is 44.9 Å². The minimum Gasteiger partial charge on any atom is -0.361 e. The predicted molar refractivity (Wildman–Crippen MR) is 57.9 cm³/mol. The number of aromatic nitrogens is 1. The maximum absolute atomic E-state index is 12.7. The summed E-state index contributed by atoms with van der Waals surface area (Å²) in [5, 5.41) is 2.44. The van der Waals surface area contributed by atoms with Gasteiger partial charge in [-0.1, -0.05) is 0 Å². The fraction of sp³-hybridized carbons (Fsp3) is 0.182. The molecule has 2 rings (SSSR count). The molecule has 0 aliphatic carbocycles. The first-order valence-electron chi connectivity index (χ1n) is 4.96. The molecule has 0 fully saturated rings. The first kappa shape index (κ1) is 12.4. The first-order valence-corrected chi connectivity index (χ1v) is 4.96. The van der Waals surface area contributed by atoms with Crippen LogP contribution in [-0.4, -0.2) is 23.2 Å². The lowest BCUT2D eigenvalue weighted by Crippen LogP contribution is -2.40. The molecule has 3 nitrogen and oxygen atoms in total. The average Bonchev–Trinajstić information content (AvgIpc) is 2.75. The Bertz CT molecular complexity index is 579. The van der Waals surface area contributed by atoms with Gasteiger partial charge in [0.1, 0.15) is 0 Å². The van der Waals surface area contributed by atoms with Crippen LogP contribution in [0.1, 0.15) is 0 Å². The summed E-state index contributed by atoms with van der Waals surface area (Å²) in [7, 11) is 0. The van der Waals surface area contributed by atoms with E-state index in [0.717, 1.165) is 5.52 Å². The molecule has 1 amide bonds. The number of H-pyrrole nitrogens is 1. The number of aromatic amines is 1. The molecule has 2 aromatic rings. The van der Waals surface area contributed by atoms with E-state index in [9.17, 15) is 22.4 Å². The number of fused-ring (bicyclic) bond motifs is 1. The molecular formula is C11H8F4N2O. The van der Waals surface area contributed by atoms with Gasteiger partial charge in [-0.2, -0.15) is 8.78 Å². The molecule has 0 radical (unpaired) electrons. The number of carbonyl (C=O) groups is 1. The Hall–Kier alpha value is -2.05. The Morgan fingerprint density at radius 2 is 2.00 bits per heavy atom. The van der Waals surface area contributed by atoms with E-state index < -0.39 is 18.3 Å². The molecule has 0 atom stereocenters. The van der Waals surface area contributed by atoms with Gasteiger partial charge in [0.2, 0.25) is 0 Å². The minimum atomic E-state index is -4.70. The highest BCUT2D eigenvalue weighted by Crippen LogP contribution is 2.25. The molecule has 0 aliphatic rings. The van der Waals surface area contributed by atoms with E-state index in [0.29, 0.717) is 5.39 Å². The molecule has 0 saturated carbocycles. The quantitative estimate of drug-likeness (QED) is 0.818. The number of nitrogens with one attached hydrogen (secondary N) is 2. The van der Waals surface area contributed by atoms with Crippen molar-refractivity contribution in [3.05, 3.63) is 30.5 Å². The Kier molecular flexibility index (Phi) is 2.98. The van der Waals surface area contributed by atoms with Gasteiger partial charge in [-0.15, -0.1) is 0 Å². The summed E-state index contributed by atoms with van der Waals surface area (Å²) in [6, 6.07) is 5.96. The molecule has 7 heteroatoms. The molecule has 0 unspecified atom stereocenters. The van der Waals surface area contributed by atoms with Gasteiger partial charge in [-0.05, 0) is 24.3 Å². The van der Waals surface area contributed by atoms with Crippen molar-refractivity contribution in [2.45, 2.75) is 12.3 Å². The number of carbonyl (C=O) groups excluding carboxylic acids is 1. The number of amides is 1. The second-order valence-electron chi connectivity index (χ2n) is 3.66. The van der Waals surface area contributed by atoms with E-state index in [1.165, 1.54) is 12.1 Å². The van der Waals surface area contributed by atoms with E-state index in [2.05, 4.69) is 4.98 Å². The van der Waals surface area contributed by atoms with Crippen LogP contribution >= 0.6 is 0 Å². The van der Waals surface area contributed by atoms with Gasteiger partial charge >= 0.3 is 18.3 Å². The third-order valence-corrected chi connectivity index (χ3v) is 2.39. The van der Waals surface area contributed by atoms with Crippen LogP contribution < -0.4 is 5.32 Å². The smallest absolute Gasteiger partial charge is 0.361 e. The van der Waals surface area contributed by atoms with E-state index in [-0.39, 0.29) is 5.69 Å². The molecule has 0 bridgehead atoms. The largest absolute Gasteiger partial charge is 0.383 e. The number of hydrogen-bond donors (Lipinski definition) is 2. The third-order valence-electron chi connectivity index (χ3n) is 2.39. The molecule has 0 saturated heterocycles. The highest BCUT2D eigenvalue weighted by atomic mass is 19.3. The van der Waals surface area contributed by atoms with Crippen molar-refractivity contribution in [2.24, 2.45) is 0 Å². The zero-order chi connectivity index (χ0) is 13.3. The Morgan fingerprint density at radius 3 is 2.67 bits per heavy atom. The number of hydrogen-bond acceptors (Lipinski definition) is 1. The Balaban J connectivity index is 2.21. The number of benzene rings is 1. The maximum atomic E-state index is 12.7. The summed E-state index contributed by atoms with van der Waals surface area (Å²) >= 11 is 0. The summed E-state index contributed by atoms with van der Waals surface area (Å²) in [6.45, 7) is 0. The van der Waals surface area contributed by atoms with Crippen molar-refractivity contribution in [1.29, 1.82) is 0 Å². The monoisotopic (exact) mass is 260 g/mol. The third kappa shape index (κ3) is 2.15. The Morgan fingerprint density at radius 1 is 1.28 bits per heavy atom. The highest BCUT2D eigenvalue weighted by Gasteiger charge is 2.48. The molecule has 18 heavy (non-hydrogen) atoms. The van der Waals surface area contributed by atoms with Crippen LogP contribution in [0.15, 0.2) is 30.5 Å². The lowest BCUT2D eigenvalue weighted by Gasteiger charge is -2.14. The van der Waals surface area contributed by atoms with Crippen molar-refractivity contribution in [3.8, 4) is 0 Å². The van der Waals surface area contributed by atoms with Crippen molar-refractivity contribution in [2.75, 3.05) is 5.32 Å². The lowest BCUT2D eigenvalue weighted by atomic mass is 10.2. The van der Waals surface area contributed by atoms with E-state index in [1.807, 2.05) is 0 Å². The van der Waals surface area contributed by atoms with Crippen LogP contribution in [0.4, 0.5) is 23.2 Å². The Labute approximate surface area is 98.8 Å². The summed E-state index contributed by atoms with van der Waals surface area (Å²) in [5.74, 6) is -6.72. The molecule has 0 aliphatic heterocycles. The van der Waals surface area contributed by atoms with Crippen molar-refractivity contribution < 1.29 is 22.4 Å². The zero-order valence-corrected chi connectivity index (χ0v) is 8.88. The number of alkyl halides is 4. The van der Waals surface area contributed by atoms with Crippen molar-refractivity contribution >= 4 is 22.5 Å². The summed E-state index contributed by atoms with van der Waals surface area (Å²) < 4.78 is 49.3. The first-order chi connectivity index (χ1) is 8.41. The van der Waals surface area contributed by atoms with Gasteiger partial charge in [-0.25, -0.2) is 8.78 Å². The van der Waals surface area contributed by atoms with Gasteiger partial charge < -0.3 is 10.3 Å². The van der Waals surface area contributed by atoms with Gasteiger partial charge in [0, 0.05) is 22.8 Å². The second-order valence-corrected chi connectivity index (χ2v) is 3.66. The normalized spacial score (nSPS) is 12.1. The van der Waals surface area contributed by atoms with Crippen LogP contribution in [0.5, 0.6) is 0 Å². The van der Waals surface area contributed by atoms with Gasteiger partial charge in [-0.3, -0.25) is 4.79 Å². The van der Waals surface area contributed by atoms with Crippen LogP contribution in [0.2, 0.25) is 0 Å². The zero-order valence-electron chi connectivity index (χ0n) is 8.88. The summed E-state index contributed by atoms with van der Waals surface area (Å²) in [4.78, 5) is 13.9. The van der Waals surface area contributed by atoms with Crippen LogP contribution in [-0.2, 0) is 4.79 Å². The van der Waals surface area contributed by atoms with Crippen molar-refractivity contribution in [1.82, 2.24) is 4.98 Å². The van der Waals surface area contributed by atoms with Crippen LogP contribution in [0, 0.1) is 0 Å². The van der Waals surface area contributed by atoms with E-state index >= 15 is 0 Å². The standard InChI is InChI=1S/C11H8F4N2O/c12-9(13)11(14,15)10(18)17-7-1-2-8-6(5-7)3-4-16-8/h1-5,9,16H,(H,17,18). The van der Waals surface area contributed by atoms with E-state index in [4.69, 9.17) is 0 Å². The van der Waals surface area contributed by atoms with Gasteiger partial charge in [0.25, 0.3) is 0 Å². The maximum Gasteiger partial charge on any atom is 0.383 e. The summed E-state index contributed by atoms with van der Waals surface area (Å²) in [5.41, 5.74) is 0.779. The molecule has 1 aromatic heterocycles. The highest BCUT2D eigenvalue weighted by molar-refractivity contribution is 5.98. The predicted octanol–water partition coefficient (Wildman–Crippen LogP) is 3.01. The average molecular weight is 260 g/mol. The molecule has 1 heterocycles. The number of anilines is 1. The van der Waals surface area contributed by atoms with Crippen LogP contribution in [0.3, 0.4) is 0 Å². The number of rotatable bonds is 3. The van der Waals surface area contributed by atoms with Gasteiger partial charge in [0.15, 0.2) is 0 Å².